The molecule has 3 aromatic rings. The fourth-order valence-electron chi connectivity index (χ4n) is 2.21. The first-order chi connectivity index (χ1) is 11.3. The monoisotopic (exact) mass is 317 g/mol. The Bertz CT molecular complexity index is 856. The predicted octanol–water partition coefficient (Wildman–Crippen LogP) is 4.83. The SMILES string of the molecule is CCc1ccc(/C=C(/C#N)c2nc(-c3ccncc3)cs2)cc1. The van der Waals surface area contributed by atoms with E-state index in [0.717, 1.165) is 28.2 Å². The minimum atomic E-state index is 0.583. The summed E-state index contributed by atoms with van der Waals surface area (Å²) in [6.07, 6.45) is 6.38. The van der Waals surface area contributed by atoms with E-state index >= 15 is 0 Å². The predicted molar refractivity (Wildman–Crippen MR) is 94.6 cm³/mol. The number of aromatic nitrogens is 2. The highest BCUT2D eigenvalue weighted by Gasteiger charge is 2.09. The summed E-state index contributed by atoms with van der Waals surface area (Å²) in [5, 5.41) is 12.2. The van der Waals surface area contributed by atoms with Gasteiger partial charge in [-0.15, -0.1) is 11.3 Å². The number of pyridine rings is 1. The molecule has 0 bridgehead atoms. The van der Waals surface area contributed by atoms with E-state index in [1.807, 2.05) is 35.7 Å². The van der Waals surface area contributed by atoms with Crippen LogP contribution in [0.4, 0.5) is 0 Å². The zero-order chi connectivity index (χ0) is 16.1. The third-order valence-electron chi connectivity index (χ3n) is 3.53. The van der Waals surface area contributed by atoms with Gasteiger partial charge in [0, 0.05) is 23.3 Å². The number of aryl methyl sites for hydroxylation is 1. The normalized spacial score (nSPS) is 11.2. The van der Waals surface area contributed by atoms with Crippen LogP contribution in [0.1, 0.15) is 23.1 Å². The quantitative estimate of drug-likeness (QED) is 0.647. The summed E-state index contributed by atoms with van der Waals surface area (Å²) in [6.45, 7) is 2.13. The third kappa shape index (κ3) is 3.53. The summed E-state index contributed by atoms with van der Waals surface area (Å²) in [5.74, 6) is 0. The van der Waals surface area contributed by atoms with Crippen LogP contribution in [0.25, 0.3) is 22.9 Å². The Hall–Kier alpha value is -2.77. The maximum atomic E-state index is 9.46. The summed E-state index contributed by atoms with van der Waals surface area (Å²) in [5.41, 5.74) is 4.76. The van der Waals surface area contributed by atoms with Gasteiger partial charge in [-0.3, -0.25) is 4.98 Å². The summed E-state index contributed by atoms with van der Waals surface area (Å²) in [6, 6.07) is 14.3. The van der Waals surface area contributed by atoms with Crippen LogP contribution in [-0.2, 0) is 6.42 Å². The molecule has 0 radical (unpaired) electrons. The molecule has 0 aliphatic rings. The molecule has 0 saturated carbocycles. The molecule has 0 N–H and O–H groups in total. The number of hydrogen-bond acceptors (Lipinski definition) is 4. The Labute approximate surface area is 139 Å². The molecule has 3 nitrogen and oxygen atoms in total. The smallest absolute Gasteiger partial charge is 0.134 e. The van der Waals surface area contributed by atoms with Crippen LogP contribution in [0.15, 0.2) is 54.2 Å². The second kappa shape index (κ2) is 6.99. The molecule has 0 aliphatic carbocycles. The second-order valence-electron chi connectivity index (χ2n) is 5.04. The molecular weight excluding hydrogens is 302 g/mol. The van der Waals surface area contributed by atoms with Crippen molar-refractivity contribution in [2.24, 2.45) is 0 Å². The van der Waals surface area contributed by atoms with Gasteiger partial charge >= 0.3 is 0 Å². The van der Waals surface area contributed by atoms with E-state index in [0.29, 0.717) is 5.57 Å². The van der Waals surface area contributed by atoms with E-state index < -0.39 is 0 Å². The highest BCUT2D eigenvalue weighted by Crippen LogP contribution is 2.26. The number of thiazole rings is 1. The van der Waals surface area contributed by atoms with Gasteiger partial charge in [-0.1, -0.05) is 31.2 Å². The van der Waals surface area contributed by atoms with Crippen molar-refractivity contribution in [2.75, 3.05) is 0 Å². The maximum absolute atomic E-state index is 9.46. The van der Waals surface area contributed by atoms with Gasteiger partial charge in [0.1, 0.15) is 11.1 Å². The van der Waals surface area contributed by atoms with E-state index in [2.05, 4.69) is 35.1 Å². The molecule has 0 saturated heterocycles. The lowest BCUT2D eigenvalue weighted by Crippen LogP contribution is -1.84. The van der Waals surface area contributed by atoms with Crippen molar-refractivity contribution in [1.82, 2.24) is 9.97 Å². The number of rotatable bonds is 4. The molecule has 0 amide bonds. The Kier molecular flexibility index (Phi) is 4.60. The second-order valence-corrected chi connectivity index (χ2v) is 5.90. The Morgan fingerprint density at radius 3 is 2.57 bits per heavy atom. The zero-order valence-electron chi connectivity index (χ0n) is 12.7. The first kappa shape index (κ1) is 15.1. The van der Waals surface area contributed by atoms with Crippen LogP contribution in [0.5, 0.6) is 0 Å². The molecule has 0 aliphatic heterocycles. The molecule has 2 aromatic heterocycles. The molecular formula is C19H15N3S. The van der Waals surface area contributed by atoms with Crippen molar-refractivity contribution < 1.29 is 0 Å². The van der Waals surface area contributed by atoms with E-state index in [4.69, 9.17) is 0 Å². The van der Waals surface area contributed by atoms with Gasteiger partial charge in [-0.05, 0) is 35.8 Å². The van der Waals surface area contributed by atoms with E-state index in [1.165, 1.54) is 16.9 Å². The van der Waals surface area contributed by atoms with Crippen molar-refractivity contribution in [3.63, 3.8) is 0 Å². The largest absolute Gasteiger partial charge is 0.265 e. The zero-order valence-corrected chi connectivity index (χ0v) is 13.5. The highest BCUT2D eigenvalue weighted by molar-refractivity contribution is 7.11. The minimum Gasteiger partial charge on any atom is -0.265 e. The number of nitrogens with zero attached hydrogens (tertiary/aromatic N) is 3. The van der Waals surface area contributed by atoms with Crippen molar-refractivity contribution in [3.8, 4) is 17.3 Å². The first-order valence-electron chi connectivity index (χ1n) is 7.37. The molecule has 0 spiro atoms. The van der Waals surface area contributed by atoms with Crippen LogP contribution in [-0.4, -0.2) is 9.97 Å². The maximum Gasteiger partial charge on any atom is 0.134 e. The van der Waals surface area contributed by atoms with Gasteiger partial charge in [0.2, 0.25) is 0 Å². The van der Waals surface area contributed by atoms with Crippen LogP contribution < -0.4 is 0 Å². The van der Waals surface area contributed by atoms with Gasteiger partial charge < -0.3 is 0 Å². The number of hydrogen-bond donors (Lipinski definition) is 0. The van der Waals surface area contributed by atoms with Crippen LogP contribution >= 0.6 is 11.3 Å². The Morgan fingerprint density at radius 2 is 1.91 bits per heavy atom. The molecule has 112 valence electrons. The molecule has 23 heavy (non-hydrogen) atoms. The molecule has 4 heteroatoms. The van der Waals surface area contributed by atoms with Crippen molar-refractivity contribution in [3.05, 3.63) is 70.3 Å². The number of allylic oxidation sites excluding steroid dienone is 1. The summed E-state index contributed by atoms with van der Waals surface area (Å²) in [7, 11) is 0. The van der Waals surface area contributed by atoms with Gasteiger partial charge in [-0.2, -0.15) is 5.26 Å². The lowest BCUT2D eigenvalue weighted by Gasteiger charge is -1.99. The molecule has 1 aromatic carbocycles. The fraction of sp³-hybridized carbons (Fsp3) is 0.105. The average Bonchev–Trinajstić information content (AvgIpc) is 3.11. The van der Waals surface area contributed by atoms with Crippen molar-refractivity contribution >= 4 is 23.0 Å². The van der Waals surface area contributed by atoms with E-state index in [-0.39, 0.29) is 0 Å². The number of benzene rings is 1. The third-order valence-corrected chi connectivity index (χ3v) is 4.41. The first-order valence-corrected chi connectivity index (χ1v) is 8.25. The van der Waals surface area contributed by atoms with Gasteiger partial charge in [0.15, 0.2) is 0 Å². The van der Waals surface area contributed by atoms with Crippen LogP contribution in [0.3, 0.4) is 0 Å². The van der Waals surface area contributed by atoms with Crippen molar-refractivity contribution in [2.45, 2.75) is 13.3 Å². The van der Waals surface area contributed by atoms with Gasteiger partial charge in [-0.25, -0.2) is 4.98 Å². The van der Waals surface area contributed by atoms with E-state index in [1.54, 1.807) is 12.4 Å². The highest BCUT2D eigenvalue weighted by atomic mass is 32.1. The molecule has 0 atom stereocenters. The van der Waals surface area contributed by atoms with Crippen LogP contribution in [0.2, 0.25) is 0 Å². The molecule has 3 rings (SSSR count). The lowest BCUT2D eigenvalue weighted by atomic mass is 10.1. The average molecular weight is 317 g/mol. The number of nitriles is 1. The fourth-order valence-corrected chi connectivity index (χ4v) is 3.01. The standard InChI is InChI=1S/C19H15N3S/c1-2-14-3-5-15(6-4-14)11-17(12-20)19-22-18(13-23-19)16-7-9-21-10-8-16/h3-11,13H,2H2,1H3/b17-11-. The van der Waals surface area contributed by atoms with Gasteiger partial charge in [0.25, 0.3) is 0 Å². The van der Waals surface area contributed by atoms with E-state index in [9.17, 15) is 5.26 Å². The topological polar surface area (TPSA) is 49.6 Å². The lowest BCUT2D eigenvalue weighted by molar-refractivity contribution is 1.14. The summed E-state index contributed by atoms with van der Waals surface area (Å²) in [4.78, 5) is 8.59. The molecule has 0 fully saturated rings. The van der Waals surface area contributed by atoms with Crippen LogP contribution in [0, 0.1) is 11.3 Å². The van der Waals surface area contributed by atoms with Crippen molar-refractivity contribution in [1.29, 1.82) is 5.26 Å². The molecule has 0 unspecified atom stereocenters. The Balaban J connectivity index is 1.90. The summed E-state index contributed by atoms with van der Waals surface area (Å²) < 4.78 is 0. The minimum absolute atomic E-state index is 0.583. The van der Waals surface area contributed by atoms with Gasteiger partial charge in [0.05, 0.1) is 11.3 Å². The summed E-state index contributed by atoms with van der Waals surface area (Å²) >= 11 is 1.48. The molecule has 2 heterocycles. The Morgan fingerprint density at radius 1 is 1.17 bits per heavy atom.